The molecule has 0 spiro atoms. The molecule has 21 heavy (non-hydrogen) atoms. The maximum Gasteiger partial charge on any atom is 0.393 e. The Hall–Kier alpha value is -1.15. The Labute approximate surface area is 121 Å². The Kier molecular flexibility index (Phi) is 4.17. The molecule has 0 saturated carbocycles. The topological polar surface area (TPSA) is 46.0 Å². The molecule has 1 aromatic heterocycles. The van der Waals surface area contributed by atoms with E-state index >= 15 is 0 Å². The lowest BCUT2D eigenvalue weighted by Gasteiger charge is -2.27. The van der Waals surface area contributed by atoms with E-state index in [0.717, 1.165) is 32.6 Å². The van der Waals surface area contributed by atoms with Gasteiger partial charge in [-0.2, -0.15) is 13.2 Å². The summed E-state index contributed by atoms with van der Waals surface area (Å²) in [6.45, 7) is 4.28. The summed E-state index contributed by atoms with van der Waals surface area (Å²) in [5, 5.41) is 11.5. The summed E-state index contributed by atoms with van der Waals surface area (Å²) in [6, 6.07) is 0. The molecule has 1 N–H and O–H groups in total. The van der Waals surface area contributed by atoms with E-state index in [1.807, 2.05) is 0 Å². The Bertz CT molecular complexity index is 477. The molecule has 1 atom stereocenters. The lowest BCUT2D eigenvalue weighted by atomic mass is 9.99. The number of fused-ring (bicyclic) bond motifs is 1. The highest BCUT2D eigenvalue weighted by Gasteiger charge is 2.42. The van der Waals surface area contributed by atoms with Gasteiger partial charge in [0.2, 0.25) is 0 Å². The van der Waals surface area contributed by atoms with Crippen molar-refractivity contribution in [2.45, 2.75) is 38.5 Å². The molecule has 1 saturated heterocycles. The number of rotatable bonds is 2. The monoisotopic (exact) mass is 303 g/mol. The third-order valence-corrected chi connectivity index (χ3v) is 4.28. The highest BCUT2D eigenvalue weighted by Crippen LogP contribution is 2.34. The number of aryl methyl sites for hydroxylation is 1. The van der Waals surface area contributed by atoms with Crippen LogP contribution in [-0.4, -0.2) is 52.0 Å². The number of hydrogen-bond acceptors (Lipinski definition) is 4. The Morgan fingerprint density at radius 1 is 1.19 bits per heavy atom. The van der Waals surface area contributed by atoms with E-state index in [2.05, 4.69) is 20.4 Å². The van der Waals surface area contributed by atoms with E-state index in [-0.39, 0.29) is 13.0 Å². The molecular weight excluding hydrogens is 283 g/mol. The molecule has 0 aromatic carbocycles. The maximum absolute atomic E-state index is 12.9. The quantitative estimate of drug-likeness (QED) is 0.892. The molecule has 0 radical (unpaired) electrons. The van der Waals surface area contributed by atoms with E-state index in [9.17, 15) is 13.2 Å². The lowest BCUT2D eigenvalue weighted by Crippen LogP contribution is -2.34. The van der Waals surface area contributed by atoms with Crippen molar-refractivity contribution in [3.05, 3.63) is 11.6 Å². The molecule has 5 nitrogen and oxygen atoms in total. The van der Waals surface area contributed by atoms with Gasteiger partial charge in [0.25, 0.3) is 0 Å². The average Bonchev–Trinajstić information content (AvgIpc) is 2.66. The normalized spacial score (nSPS) is 24.6. The Balaban J connectivity index is 1.72. The van der Waals surface area contributed by atoms with Crippen LogP contribution < -0.4 is 5.32 Å². The summed E-state index contributed by atoms with van der Waals surface area (Å²) in [6.07, 6.45) is -2.61. The molecule has 0 aliphatic carbocycles. The van der Waals surface area contributed by atoms with Gasteiger partial charge in [0.05, 0.1) is 12.5 Å². The molecule has 1 unspecified atom stereocenters. The van der Waals surface area contributed by atoms with Crippen molar-refractivity contribution in [1.82, 2.24) is 25.0 Å². The second kappa shape index (κ2) is 5.92. The van der Waals surface area contributed by atoms with E-state index in [1.165, 1.54) is 0 Å². The van der Waals surface area contributed by atoms with Gasteiger partial charge in [0, 0.05) is 26.1 Å². The fourth-order valence-electron chi connectivity index (χ4n) is 3.03. The van der Waals surface area contributed by atoms with Crippen LogP contribution in [0.15, 0.2) is 0 Å². The summed E-state index contributed by atoms with van der Waals surface area (Å²) in [5.74, 6) is 0.0878. The van der Waals surface area contributed by atoms with Crippen molar-refractivity contribution < 1.29 is 13.2 Å². The predicted molar refractivity (Wildman–Crippen MR) is 70.7 cm³/mol. The van der Waals surface area contributed by atoms with Crippen LogP contribution in [0.3, 0.4) is 0 Å². The first kappa shape index (κ1) is 14.8. The average molecular weight is 303 g/mol. The maximum atomic E-state index is 12.9. The number of alkyl halides is 3. The number of nitrogens with zero attached hydrogens (tertiary/aromatic N) is 4. The SMILES string of the molecule is FC(F)(F)C1CCc2nnc(CN3CCCNCC3)n2C1. The van der Waals surface area contributed by atoms with E-state index in [4.69, 9.17) is 0 Å². The third-order valence-electron chi connectivity index (χ3n) is 4.28. The molecule has 8 heteroatoms. The van der Waals surface area contributed by atoms with Crippen molar-refractivity contribution in [3.8, 4) is 0 Å². The van der Waals surface area contributed by atoms with Gasteiger partial charge < -0.3 is 9.88 Å². The van der Waals surface area contributed by atoms with Gasteiger partial charge in [-0.1, -0.05) is 0 Å². The predicted octanol–water partition coefficient (Wildman–Crippen LogP) is 1.20. The van der Waals surface area contributed by atoms with Gasteiger partial charge in [0.15, 0.2) is 0 Å². The first-order valence-electron chi connectivity index (χ1n) is 7.45. The molecule has 2 aliphatic heterocycles. The first-order chi connectivity index (χ1) is 10.0. The second-order valence-electron chi connectivity index (χ2n) is 5.80. The van der Waals surface area contributed by atoms with Gasteiger partial charge in [0.1, 0.15) is 11.6 Å². The molecule has 2 aliphatic rings. The van der Waals surface area contributed by atoms with Crippen LogP contribution in [0.5, 0.6) is 0 Å². The van der Waals surface area contributed by atoms with Crippen molar-refractivity contribution in [2.75, 3.05) is 26.2 Å². The summed E-state index contributed by atoms with van der Waals surface area (Å²) >= 11 is 0. The molecule has 3 rings (SSSR count). The molecule has 1 fully saturated rings. The first-order valence-corrected chi connectivity index (χ1v) is 7.45. The van der Waals surface area contributed by atoms with E-state index in [0.29, 0.717) is 24.6 Å². The van der Waals surface area contributed by atoms with Crippen molar-refractivity contribution in [1.29, 1.82) is 0 Å². The van der Waals surface area contributed by atoms with Crippen molar-refractivity contribution in [3.63, 3.8) is 0 Å². The van der Waals surface area contributed by atoms with Crippen LogP contribution in [-0.2, 0) is 19.5 Å². The number of hydrogen-bond donors (Lipinski definition) is 1. The fourth-order valence-corrected chi connectivity index (χ4v) is 3.03. The molecule has 0 bridgehead atoms. The van der Waals surface area contributed by atoms with Crippen molar-refractivity contribution >= 4 is 0 Å². The van der Waals surface area contributed by atoms with Crippen LogP contribution in [0.25, 0.3) is 0 Å². The minimum Gasteiger partial charge on any atom is -0.315 e. The number of aromatic nitrogens is 3. The zero-order valence-electron chi connectivity index (χ0n) is 11.9. The molecule has 0 amide bonds. The van der Waals surface area contributed by atoms with Crippen LogP contribution in [0, 0.1) is 5.92 Å². The van der Waals surface area contributed by atoms with Crippen LogP contribution in [0.4, 0.5) is 13.2 Å². The highest BCUT2D eigenvalue weighted by atomic mass is 19.4. The standard InChI is InChI=1S/C13H20F3N5/c14-13(15,16)10-2-3-11-18-19-12(21(11)8-10)9-20-6-1-4-17-5-7-20/h10,17H,1-9H2. The summed E-state index contributed by atoms with van der Waals surface area (Å²) in [7, 11) is 0. The van der Waals surface area contributed by atoms with Crippen LogP contribution in [0.2, 0.25) is 0 Å². The van der Waals surface area contributed by atoms with Gasteiger partial charge in [-0.15, -0.1) is 10.2 Å². The lowest BCUT2D eigenvalue weighted by molar-refractivity contribution is -0.182. The number of halogens is 3. The minimum absolute atomic E-state index is 0.0345. The fraction of sp³-hybridized carbons (Fsp3) is 0.846. The van der Waals surface area contributed by atoms with Crippen LogP contribution >= 0.6 is 0 Å². The Morgan fingerprint density at radius 2 is 2.05 bits per heavy atom. The third kappa shape index (κ3) is 3.37. The van der Waals surface area contributed by atoms with Gasteiger partial charge >= 0.3 is 6.18 Å². The van der Waals surface area contributed by atoms with Crippen LogP contribution in [0.1, 0.15) is 24.5 Å². The molecule has 1 aromatic rings. The van der Waals surface area contributed by atoms with Gasteiger partial charge in [-0.05, 0) is 25.9 Å². The minimum atomic E-state index is -4.13. The van der Waals surface area contributed by atoms with Gasteiger partial charge in [-0.25, -0.2) is 0 Å². The molecule has 3 heterocycles. The van der Waals surface area contributed by atoms with Crippen molar-refractivity contribution in [2.24, 2.45) is 5.92 Å². The van der Waals surface area contributed by atoms with E-state index in [1.54, 1.807) is 4.57 Å². The second-order valence-corrected chi connectivity index (χ2v) is 5.80. The smallest absolute Gasteiger partial charge is 0.315 e. The van der Waals surface area contributed by atoms with Gasteiger partial charge in [-0.3, -0.25) is 4.90 Å². The summed E-state index contributed by atoms with van der Waals surface area (Å²) < 4.78 is 40.4. The number of nitrogens with one attached hydrogen (secondary N) is 1. The zero-order chi connectivity index (χ0) is 14.9. The largest absolute Gasteiger partial charge is 0.393 e. The molecule has 118 valence electrons. The Morgan fingerprint density at radius 3 is 2.86 bits per heavy atom. The van der Waals surface area contributed by atoms with E-state index < -0.39 is 12.1 Å². The summed E-state index contributed by atoms with van der Waals surface area (Å²) in [4.78, 5) is 2.23. The zero-order valence-corrected chi connectivity index (χ0v) is 11.9. The summed E-state index contributed by atoms with van der Waals surface area (Å²) in [5.41, 5.74) is 0. The highest BCUT2D eigenvalue weighted by molar-refractivity contribution is 5.01. The molecular formula is C13H20F3N5.